The summed E-state index contributed by atoms with van der Waals surface area (Å²) in [6.07, 6.45) is -0.450. The first-order chi connectivity index (χ1) is 18.5. The van der Waals surface area contributed by atoms with Gasteiger partial charge in [0.25, 0.3) is 0 Å². The molecule has 1 saturated heterocycles. The Balaban J connectivity index is 1.67. The topological polar surface area (TPSA) is 106 Å². The zero-order valence-electron chi connectivity index (χ0n) is 24.9. The summed E-state index contributed by atoms with van der Waals surface area (Å²) in [5.41, 5.74) is 3.19. The minimum absolute atomic E-state index is 0.0570. The maximum Gasteiger partial charge on any atom is 0.422 e. The lowest BCUT2D eigenvalue weighted by atomic mass is 9.96. The van der Waals surface area contributed by atoms with Gasteiger partial charge < -0.3 is 14.2 Å². The van der Waals surface area contributed by atoms with Crippen LogP contribution in [-0.4, -0.2) is 45.9 Å². The SMILES string of the molecule is CC(C)(C)OC(=O)Nc1ccc(CC(=O)CC[C@@H]2[C@@H](c3ccccc3)OC(C)(C)N2NC(=O)OC(C)(C)C)cc1. The Morgan fingerprint density at radius 2 is 1.45 bits per heavy atom. The molecule has 1 heterocycles. The molecule has 9 nitrogen and oxygen atoms in total. The number of benzene rings is 2. The molecule has 0 saturated carbocycles. The molecule has 0 spiro atoms. The molecule has 1 aliphatic rings. The number of carbonyl (C=O) groups excluding carboxylic acids is 3. The van der Waals surface area contributed by atoms with Gasteiger partial charge in [0, 0.05) is 18.5 Å². The highest BCUT2D eigenvalue weighted by molar-refractivity contribution is 5.85. The van der Waals surface area contributed by atoms with Crippen LogP contribution < -0.4 is 10.7 Å². The van der Waals surface area contributed by atoms with E-state index >= 15 is 0 Å². The molecule has 2 N–H and O–H groups in total. The molecule has 0 bridgehead atoms. The van der Waals surface area contributed by atoms with Crippen LogP contribution in [-0.2, 0) is 25.4 Å². The Hall–Kier alpha value is -3.43. The lowest BCUT2D eigenvalue weighted by molar-refractivity contribution is -0.119. The summed E-state index contributed by atoms with van der Waals surface area (Å²) in [6, 6.07) is 16.6. The number of Topliss-reactive ketones (excluding diaryl/α,β-unsaturated/α-hetero) is 1. The van der Waals surface area contributed by atoms with Crippen LogP contribution in [0.3, 0.4) is 0 Å². The van der Waals surface area contributed by atoms with Crippen LogP contribution in [0.2, 0.25) is 0 Å². The highest BCUT2D eigenvalue weighted by Gasteiger charge is 2.49. The Bertz CT molecular complexity index is 1170. The molecule has 1 fully saturated rings. The fourth-order valence-corrected chi connectivity index (χ4v) is 4.56. The van der Waals surface area contributed by atoms with Gasteiger partial charge in [-0.1, -0.05) is 42.5 Å². The van der Waals surface area contributed by atoms with Gasteiger partial charge in [0.2, 0.25) is 0 Å². The van der Waals surface area contributed by atoms with E-state index in [1.165, 1.54) is 0 Å². The third-order valence-electron chi connectivity index (χ3n) is 6.13. The van der Waals surface area contributed by atoms with Crippen molar-refractivity contribution in [2.75, 3.05) is 5.32 Å². The summed E-state index contributed by atoms with van der Waals surface area (Å²) in [4.78, 5) is 37.8. The number of anilines is 1. The zero-order valence-corrected chi connectivity index (χ0v) is 24.9. The van der Waals surface area contributed by atoms with Crippen LogP contribution in [0, 0.1) is 0 Å². The predicted octanol–water partition coefficient (Wildman–Crippen LogP) is 6.54. The molecular formula is C31H43N3O6. The summed E-state index contributed by atoms with van der Waals surface area (Å²) in [7, 11) is 0. The number of nitrogens with one attached hydrogen (secondary N) is 2. The molecule has 0 aromatic heterocycles. The molecule has 40 heavy (non-hydrogen) atoms. The summed E-state index contributed by atoms with van der Waals surface area (Å²) in [5.74, 6) is 0.0570. The van der Waals surface area contributed by atoms with Crippen LogP contribution >= 0.6 is 0 Å². The maximum atomic E-state index is 13.0. The lowest BCUT2D eigenvalue weighted by Gasteiger charge is -2.34. The Morgan fingerprint density at radius 1 is 0.875 bits per heavy atom. The van der Waals surface area contributed by atoms with E-state index in [2.05, 4.69) is 10.7 Å². The number of hydrogen-bond acceptors (Lipinski definition) is 7. The molecule has 2 aromatic rings. The van der Waals surface area contributed by atoms with Gasteiger partial charge in [0.05, 0.1) is 6.04 Å². The van der Waals surface area contributed by atoms with Gasteiger partial charge in [-0.15, -0.1) is 0 Å². The van der Waals surface area contributed by atoms with E-state index in [0.29, 0.717) is 12.1 Å². The molecule has 1 aliphatic heterocycles. The first-order valence-electron chi connectivity index (χ1n) is 13.6. The Kier molecular flexibility index (Phi) is 9.64. The van der Waals surface area contributed by atoms with Crippen molar-refractivity contribution in [2.24, 2.45) is 0 Å². The molecule has 3 rings (SSSR count). The van der Waals surface area contributed by atoms with Crippen LogP contribution in [0.5, 0.6) is 0 Å². The van der Waals surface area contributed by atoms with Crippen LogP contribution in [0.25, 0.3) is 0 Å². The third kappa shape index (κ3) is 9.34. The second kappa shape index (κ2) is 12.4. The molecular weight excluding hydrogens is 510 g/mol. The number of amides is 2. The fraction of sp³-hybridized carbons (Fsp3) is 0.516. The molecule has 0 unspecified atom stereocenters. The van der Waals surface area contributed by atoms with E-state index in [1.54, 1.807) is 58.7 Å². The van der Waals surface area contributed by atoms with E-state index in [9.17, 15) is 14.4 Å². The van der Waals surface area contributed by atoms with Gasteiger partial charge in [0.1, 0.15) is 28.8 Å². The summed E-state index contributed by atoms with van der Waals surface area (Å²) < 4.78 is 17.2. The maximum absolute atomic E-state index is 13.0. The monoisotopic (exact) mass is 553 g/mol. The van der Waals surface area contributed by atoms with E-state index in [0.717, 1.165) is 11.1 Å². The van der Waals surface area contributed by atoms with Crippen molar-refractivity contribution < 1.29 is 28.6 Å². The van der Waals surface area contributed by atoms with Crippen LogP contribution in [0.1, 0.15) is 85.5 Å². The number of hydrazine groups is 1. The van der Waals surface area contributed by atoms with E-state index in [-0.39, 0.29) is 30.8 Å². The second-order valence-electron chi connectivity index (χ2n) is 12.5. The number of rotatable bonds is 8. The number of nitrogens with zero attached hydrogens (tertiary/aromatic N) is 1. The fourth-order valence-electron chi connectivity index (χ4n) is 4.56. The highest BCUT2D eigenvalue weighted by Crippen LogP contribution is 2.41. The quantitative estimate of drug-likeness (QED) is 0.382. The van der Waals surface area contributed by atoms with Crippen LogP contribution in [0.15, 0.2) is 54.6 Å². The third-order valence-corrected chi connectivity index (χ3v) is 6.13. The molecule has 0 radical (unpaired) electrons. The highest BCUT2D eigenvalue weighted by atomic mass is 16.6. The van der Waals surface area contributed by atoms with Crippen molar-refractivity contribution in [1.82, 2.24) is 10.4 Å². The lowest BCUT2D eigenvalue weighted by Crippen LogP contribution is -2.55. The van der Waals surface area contributed by atoms with Gasteiger partial charge in [-0.25, -0.2) is 9.59 Å². The molecule has 218 valence electrons. The first-order valence-corrected chi connectivity index (χ1v) is 13.6. The minimum atomic E-state index is -0.831. The minimum Gasteiger partial charge on any atom is -0.444 e. The van der Waals surface area contributed by atoms with Crippen molar-refractivity contribution in [3.05, 3.63) is 65.7 Å². The summed E-state index contributed by atoms with van der Waals surface area (Å²) in [5, 5.41) is 4.46. The number of carbonyl (C=O) groups is 3. The molecule has 9 heteroatoms. The Labute approximate surface area is 237 Å². The molecule has 0 aliphatic carbocycles. The van der Waals surface area contributed by atoms with Gasteiger partial charge in [0.15, 0.2) is 0 Å². The Morgan fingerprint density at radius 3 is 2.02 bits per heavy atom. The first kappa shape index (κ1) is 31.1. The zero-order chi connectivity index (χ0) is 29.7. The molecule has 2 atom stereocenters. The van der Waals surface area contributed by atoms with E-state index < -0.39 is 29.1 Å². The normalized spacial score (nSPS) is 19.1. The number of ketones is 1. The summed E-state index contributed by atoms with van der Waals surface area (Å²) in [6.45, 7) is 14.6. The van der Waals surface area contributed by atoms with Crippen molar-refractivity contribution in [3.8, 4) is 0 Å². The van der Waals surface area contributed by atoms with E-state index in [1.807, 2.05) is 56.3 Å². The predicted molar refractivity (Wildman–Crippen MR) is 154 cm³/mol. The van der Waals surface area contributed by atoms with Crippen molar-refractivity contribution in [2.45, 2.75) is 104 Å². The molecule has 2 amide bonds. The second-order valence-corrected chi connectivity index (χ2v) is 12.5. The van der Waals surface area contributed by atoms with Gasteiger partial charge in [-0.05, 0) is 85.1 Å². The van der Waals surface area contributed by atoms with Crippen molar-refractivity contribution in [1.29, 1.82) is 0 Å². The molecule has 2 aromatic carbocycles. The van der Waals surface area contributed by atoms with Crippen molar-refractivity contribution in [3.63, 3.8) is 0 Å². The average Bonchev–Trinajstić information content (AvgIpc) is 3.06. The standard InChI is InChI=1S/C31H43N3O6/c1-29(2,3)39-27(36)32-23-16-14-21(15-17-23)20-24(35)18-19-25-26(22-12-10-9-11-13-22)38-31(7,8)34(25)33-28(37)40-30(4,5)6/h9-17,25-26H,18-20H2,1-8H3,(H,32,36)(H,33,37)/t25-,26-/m1/s1. The number of hydrogen-bond donors (Lipinski definition) is 2. The van der Waals surface area contributed by atoms with Crippen LogP contribution in [0.4, 0.5) is 15.3 Å². The number of ether oxygens (including phenoxy) is 3. The summed E-state index contributed by atoms with van der Waals surface area (Å²) >= 11 is 0. The van der Waals surface area contributed by atoms with Gasteiger partial charge >= 0.3 is 12.2 Å². The van der Waals surface area contributed by atoms with E-state index in [4.69, 9.17) is 14.2 Å². The smallest absolute Gasteiger partial charge is 0.422 e. The average molecular weight is 554 g/mol. The van der Waals surface area contributed by atoms with Gasteiger partial charge in [-0.2, -0.15) is 5.01 Å². The van der Waals surface area contributed by atoms with Crippen molar-refractivity contribution >= 4 is 23.7 Å². The largest absolute Gasteiger partial charge is 0.444 e. The van der Waals surface area contributed by atoms with Gasteiger partial charge in [-0.3, -0.25) is 15.5 Å².